The van der Waals surface area contributed by atoms with Gasteiger partial charge in [-0.15, -0.1) is 0 Å². The lowest BCUT2D eigenvalue weighted by molar-refractivity contribution is -0.384. The summed E-state index contributed by atoms with van der Waals surface area (Å²) in [6.45, 7) is 3.45. The van der Waals surface area contributed by atoms with Crippen molar-refractivity contribution >= 4 is 28.2 Å². The molecule has 0 bridgehead atoms. The number of nitrogens with one attached hydrogen (secondary N) is 1. The Morgan fingerprint density at radius 1 is 1.43 bits per heavy atom. The molecule has 1 aromatic heterocycles. The number of nitrogens with zero attached hydrogens (tertiary/aromatic N) is 2. The molecule has 0 amide bonds. The van der Waals surface area contributed by atoms with E-state index in [-0.39, 0.29) is 17.3 Å². The van der Waals surface area contributed by atoms with Crippen LogP contribution in [0.5, 0.6) is 5.75 Å². The first-order valence-electron chi connectivity index (χ1n) is 6.95. The second kappa shape index (κ2) is 6.47. The molecule has 1 heterocycles. The van der Waals surface area contributed by atoms with Crippen LogP contribution >= 0.6 is 0 Å². The molecule has 8 nitrogen and oxygen atoms in total. The monoisotopic (exact) mass is 319 g/mol. The Bertz CT molecular complexity index is 760. The molecular weight excluding hydrogens is 302 g/mol. The number of methoxy groups -OCH3 is 1. The Hall–Kier alpha value is -2.90. The highest BCUT2D eigenvalue weighted by Gasteiger charge is 2.26. The third kappa shape index (κ3) is 3.31. The predicted octanol–water partition coefficient (Wildman–Crippen LogP) is 2.67. The Morgan fingerprint density at radius 3 is 2.65 bits per heavy atom. The van der Waals surface area contributed by atoms with Gasteiger partial charge < -0.3 is 15.2 Å². The maximum absolute atomic E-state index is 11.4. The molecular formula is C15H17N3O5. The summed E-state index contributed by atoms with van der Waals surface area (Å²) < 4.78 is 5.11. The molecule has 0 unspecified atom stereocenters. The van der Waals surface area contributed by atoms with Gasteiger partial charge in [0.15, 0.2) is 0 Å². The minimum atomic E-state index is -1.08. The Labute approximate surface area is 132 Å². The van der Waals surface area contributed by atoms with Crippen LogP contribution in [0.15, 0.2) is 24.4 Å². The summed E-state index contributed by atoms with van der Waals surface area (Å²) in [4.78, 5) is 26.1. The highest BCUT2D eigenvalue weighted by molar-refractivity contribution is 5.97. The molecule has 0 aliphatic heterocycles. The molecule has 23 heavy (non-hydrogen) atoms. The van der Waals surface area contributed by atoms with Crippen molar-refractivity contribution in [3.05, 3.63) is 34.5 Å². The number of aliphatic carboxylic acids is 1. The molecule has 1 aromatic carbocycles. The second-order valence-electron chi connectivity index (χ2n) is 5.36. The molecule has 0 aliphatic rings. The Kier molecular flexibility index (Phi) is 4.63. The molecule has 1 atom stereocenters. The van der Waals surface area contributed by atoms with E-state index in [9.17, 15) is 20.0 Å². The number of aromatic nitrogens is 1. The third-order valence-electron chi connectivity index (χ3n) is 3.49. The van der Waals surface area contributed by atoms with E-state index < -0.39 is 16.9 Å². The van der Waals surface area contributed by atoms with Gasteiger partial charge in [-0.3, -0.25) is 10.1 Å². The van der Waals surface area contributed by atoms with Crippen molar-refractivity contribution in [1.82, 2.24) is 4.98 Å². The van der Waals surface area contributed by atoms with Gasteiger partial charge in [-0.2, -0.15) is 0 Å². The molecule has 0 saturated carbocycles. The lowest BCUT2D eigenvalue weighted by Gasteiger charge is -2.20. The number of carboxylic acids is 1. The highest BCUT2D eigenvalue weighted by atomic mass is 16.6. The van der Waals surface area contributed by atoms with Gasteiger partial charge in [0.1, 0.15) is 23.7 Å². The quantitative estimate of drug-likeness (QED) is 0.621. The van der Waals surface area contributed by atoms with Crippen molar-refractivity contribution in [2.45, 2.75) is 19.9 Å². The number of hydrogen-bond acceptors (Lipinski definition) is 6. The van der Waals surface area contributed by atoms with E-state index in [2.05, 4.69) is 10.3 Å². The van der Waals surface area contributed by atoms with Crippen molar-refractivity contribution in [1.29, 1.82) is 0 Å². The summed E-state index contributed by atoms with van der Waals surface area (Å²) in [6.07, 6.45) is 1.11. The van der Waals surface area contributed by atoms with Crippen molar-refractivity contribution < 1.29 is 19.6 Å². The zero-order valence-corrected chi connectivity index (χ0v) is 12.9. The van der Waals surface area contributed by atoms with E-state index in [0.717, 1.165) is 6.20 Å². The number of anilines is 1. The minimum absolute atomic E-state index is 0.142. The summed E-state index contributed by atoms with van der Waals surface area (Å²) in [5, 5.41) is 23.8. The number of pyridine rings is 1. The number of carbonyl (C=O) groups is 1. The Balaban J connectivity index is 2.64. The van der Waals surface area contributed by atoms with E-state index in [4.69, 9.17) is 4.74 Å². The van der Waals surface area contributed by atoms with E-state index in [1.807, 2.05) is 0 Å². The number of carboxylic acid groups (broad SMARTS) is 1. The summed E-state index contributed by atoms with van der Waals surface area (Å²) in [5.74, 6) is -0.773. The fraction of sp³-hybridized carbons (Fsp3) is 0.333. The lowest BCUT2D eigenvalue weighted by atomic mass is 10.0. The van der Waals surface area contributed by atoms with Gasteiger partial charge in [0.2, 0.25) is 0 Å². The Morgan fingerprint density at radius 2 is 2.13 bits per heavy atom. The lowest BCUT2D eigenvalue weighted by Crippen LogP contribution is -2.34. The fourth-order valence-corrected chi connectivity index (χ4v) is 2.25. The second-order valence-corrected chi connectivity index (χ2v) is 5.36. The number of benzene rings is 1. The first kappa shape index (κ1) is 16.5. The molecule has 0 fully saturated rings. The number of hydrogen-bond donors (Lipinski definition) is 2. The number of ether oxygens (including phenoxy) is 1. The fourth-order valence-electron chi connectivity index (χ4n) is 2.25. The molecule has 0 saturated heterocycles. The van der Waals surface area contributed by atoms with Crippen LogP contribution in [0.4, 0.5) is 11.4 Å². The largest absolute Gasteiger partial charge is 0.497 e. The van der Waals surface area contributed by atoms with Gasteiger partial charge in [-0.1, -0.05) is 13.8 Å². The number of rotatable bonds is 6. The van der Waals surface area contributed by atoms with Crippen molar-refractivity contribution in [3.63, 3.8) is 0 Å². The van der Waals surface area contributed by atoms with Gasteiger partial charge in [-0.05, 0) is 18.1 Å². The van der Waals surface area contributed by atoms with Gasteiger partial charge in [0, 0.05) is 11.5 Å². The topological polar surface area (TPSA) is 115 Å². The van der Waals surface area contributed by atoms with Crippen LogP contribution < -0.4 is 10.1 Å². The maximum Gasteiger partial charge on any atom is 0.326 e. The van der Waals surface area contributed by atoms with Gasteiger partial charge in [0.25, 0.3) is 0 Å². The zero-order chi connectivity index (χ0) is 17.1. The van der Waals surface area contributed by atoms with E-state index in [1.165, 1.54) is 7.11 Å². The number of fused-ring (bicyclic) bond motifs is 1. The van der Waals surface area contributed by atoms with Crippen LogP contribution in [-0.2, 0) is 4.79 Å². The first-order valence-corrected chi connectivity index (χ1v) is 6.95. The summed E-state index contributed by atoms with van der Waals surface area (Å²) >= 11 is 0. The molecule has 0 radical (unpaired) electrons. The molecule has 0 spiro atoms. The normalized spacial score (nSPS) is 12.2. The summed E-state index contributed by atoms with van der Waals surface area (Å²) in [5.41, 5.74) is 0.351. The SMILES string of the molecule is COc1ccc2c(N[C@H](C(=O)O)C(C)C)c([N+](=O)[O-])cnc2c1. The van der Waals surface area contributed by atoms with Crippen LogP contribution in [-0.4, -0.2) is 34.1 Å². The molecule has 122 valence electrons. The van der Waals surface area contributed by atoms with Crippen LogP contribution in [0, 0.1) is 16.0 Å². The average molecular weight is 319 g/mol. The first-order chi connectivity index (χ1) is 10.8. The van der Waals surface area contributed by atoms with E-state index in [1.54, 1.807) is 32.0 Å². The minimum Gasteiger partial charge on any atom is -0.497 e. The molecule has 2 N–H and O–H groups in total. The van der Waals surface area contributed by atoms with Crippen LogP contribution in [0.25, 0.3) is 10.9 Å². The smallest absolute Gasteiger partial charge is 0.326 e. The van der Waals surface area contributed by atoms with Crippen LogP contribution in [0.2, 0.25) is 0 Å². The van der Waals surface area contributed by atoms with Crippen molar-refractivity contribution in [2.75, 3.05) is 12.4 Å². The van der Waals surface area contributed by atoms with Crippen LogP contribution in [0.3, 0.4) is 0 Å². The predicted molar refractivity (Wildman–Crippen MR) is 84.8 cm³/mol. The third-order valence-corrected chi connectivity index (χ3v) is 3.49. The van der Waals surface area contributed by atoms with Gasteiger partial charge >= 0.3 is 11.7 Å². The standard InChI is InChI=1S/C15H17N3O5/c1-8(2)13(15(19)20)17-14-10-5-4-9(23-3)6-11(10)16-7-12(14)18(21)22/h4-8,13H,1-3H3,(H,16,17)(H,19,20)/t13-/m0/s1. The van der Waals surface area contributed by atoms with E-state index in [0.29, 0.717) is 16.7 Å². The summed E-state index contributed by atoms with van der Waals surface area (Å²) in [7, 11) is 1.50. The zero-order valence-electron chi connectivity index (χ0n) is 12.9. The maximum atomic E-state index is 11.4. The van der Waals surface area contributed by atoms with Crippen molar-refractivity contribution in [2.24, 2.45) is 5.92 Å². The average Bonchev–Trinajstić information content (AvgIpc) is 2.50. The number of nitro groups is 1. The molecule has 2 rings (SSSR count). The molecule has 8 heteroatoms. The highest BCUT2D eigenvalue weighted by Crippen LogP contribution is 2.34. The van der Waals surface area contributed by atoms with Crippen molar-refractivity contribution in [3.8, 4) is 5.75 Å². The molecule has 2 aromatic rings. The van der Waals surface area contributed by atoms with Gasteiger partial charge in [-0.25, -0.2) is 9.78 Å². The molecule has 0 aliphatic carbocycles. The van der Waals surface area contributed by atoms with E-state index >= 15 is 0 Å². The van der Waals surface area contributed by atoms with Crippen LogP contribution in [0.1, 0.15) is 13.8 Å². The van der Waals surface area contributed by atoms with Gasteiger partial charge in [0.05, 0.1) is 17.5 Å². The summed E-state index contributed by atoms with van der Waals surface area (Å²) in [6, 6.07) is 3.94.